The largest absolute Gasteiger partial charge is 0.568 e. The average Bonchev–Trinajstić information content (AvgIpc) is 1.95. The van der Waals surface area contributed by atoms with Gasteiger partial charge in [-0.05, 0) is 30.7 Å². The van der Waals surface area contributed by atoms with Crippen LogP contribution in [0.5, 0.6) is 11.5 Å². The van der Waals surface area contributed by atoms with E-state index < -0.39 is 0 Å². The molecular formula is C7H7BO2. The van der Waals surface area contributed by atoms with Crippen LogP contribution in [0.15, 0.2) is 18.2 Å². The van der Waals surface area contributed by atoms with Crippen molar-refractivity contribution < 1.29 is 9.76 Å². The molecule has 0 saturated carbocycles. The summed E-state index contributed by atoms with van der Waals surface area (Å²) in [5, 5.41) is 9.04. The van der Waals surface area contributed by atoms with Gasteiger partial charge in [0, 0.05) is 0 Å². The zero-order valence-corrected chi connectivity index (χ0v) is 5.66. The Bertz CT molecular complexity index is 235. The Balaban J connectivity index is 3.04. The molecule has 0 aromatic heterocycles. The van der Waals surface area contributed by atoms with Crippen molar-refractivity contribution in [1.82, 2.24) is 0 Å². The van der Waals surface area contributed by atoms with E-state index in [1.807, 2.05) is 0 Å². The minimum absolute atomic E-state index is 0.251. The molecule has 0 fully saturated rings. The molecule has 10 heavy (non-hydrogen) atoms. The van der Waals surface area contributed by atoms with Crippen LogP contribution in [0.2, 0.25) is 0 Å². The van der Waals surface area contributed by atoms with Crippen molar-refractivity contribution in [1.29, 1.82) is 0 Å². The lowest BCUT2D eigenvalue weighted by molar-refractivity contribution is 0.469. The summed E-state index contributed by atoms with van der Waals surface area (Å²) in [6.45, 7) is 1.78. The molecule has 3 heteroatoms. The van der Waals surface area contributed by atoms with Crippen LogP contribution >= 0.6 is 0 Å². The van der Waals surface area contributed by atoms with E-state index in [1.165, 1.54) is 6.07 Å². The van der Waals surface area contributed by atoms with Gasteiger partial charge in [-0.25, -0.2) is 0 Å². The van der Waals surface area contributed by atoms with Crippen LogP contribution in [0.1, 0.15) is 5.56 Å². The number of aromatic hydroxyl groups is 1. The van der Waals surface area contributed by atoms with Crippen molar-refractivity contribution in [3.05, 3.63) is 23.8 Å². The third-order valence-electron chi connectivity index (χ3n) is 1.30. The lowest BCUT2D eigenvalue weighted by Gasteiger charge is -2.01. The minimum Gasteiger partial charge on any atom is -0.568 e. The third-order valence-corrected chi connectivity index (χ3v) is 1.30. The summed E-state index contributed by atoms with van der Waals surface area (Å²) in [6.07, 6.45) is 0. The van der Waals surface area contributed by atoms with E-state index in [-0.39, 0.29) is 5.75 Å². The monoisotopic (exact) mass is 134 g/mol. The molecule has 2 nitrogen and oxygen atoms in total. The zero-order valence-electron chi connectivity index (χ0n) is 5.66. The summed E-state index contributed by atoms with van der Waals surface area (Å²) in [5.74, 6) is 0.802. The normalized spacial score (nSPS) is 9.30. The maximum atomic E-state index is 9.04. The predicted molar refractivity (Wildman–Crippen MR) is 39.2 cm³/mol. The number of benzene rings is 1. The number of phenolic OH excluding ortho intramolecular Hbond substituents is 1. The van der Waals surface area contributed by atoms with Gasteiger partial charge in [0.15, 0.2) is 0 Å². The van der Waals surface area contributed by atoms with Crippen LogP contribution in [-0.4, -0.2) is 13.2 Å². The maximum Gasteiger partial charge on any atom is 0.374 e. The Morgan fingerprint density at radius 2 is 2.20 bits per heavy atom. The fourth-order valence-electron chi connectivity index (χ4n) is 0.701. The fourth-order valence-corrected chi connectivity index (χ4v) is 0.701. The quantitative estimate of drug-likeness (QED) is 0.584. The van der Waals surface area contributed by atoms with E-state index in [4.69, 9.17) is 13.2 Å². The van der Waals surface area contributed by atoms with E-state index >= 15 is 0 Å². The van der Waals surface area contributed by atoms with E-state index in [9.17, 15) is 0 Å². The van der Waals surface area contributed by atoms with Gasteiger partial charge in [-0.2, -0.15) is 0 Å². The van der Waals surface area contributed by atoms with Crippen LogP contribution in [0, 0.1) is 6.92 Å². The molecule has 0 saturated heterocycles. The van der Waals surface area contributed by atoms with Gasteiger partial charge in [0.05, 0.1) is 5.75 Å². The Hall–Kier alpha value is -1.12. The van der Waals surface area contributed by atoms with Crippen LogP contribution in [0.3, 0.4) is 0 Å². The summed E-state index contributed by atoms with van der Waals surface area (Å²) >= 11 is 0. The summed E-state index contributed by atoms with van der Waals surface area (Å²) in [5.41, 5.74) is 0.753. The van der Waals surface area contributed by atoms with E-state index in [0.717, 1.165) is 5.56 Å². The molecule has 0 aliphatic rings. The molecular weight excluding hydrogens is 127 g/mol. The molecule has 50 valence electrons. The van der Waals surface area contributed by atoms with Gasteiger partial charge < -0.3 is 9.76 Å². The van der Waals surface area contributed by atoms with E-state index in [2.05, 4.69) is 4.65 Å². The minimum atomic E-state index is 0.251. The van der Waals surface area contributed by atoms with Crippen molar-refractivity contribution in [3.63, 3.8) is 0 Å². The Kier molecular flexibility index (Phi) is 1.85. The lowest BCUT2D eigenvalue weighted by Crippen LogP contribution is -1.84. The number of rotatable bonds is 1. The highest BCUT2D eigenvalue weighted by atomic mass is 16.4. The Labute approximate surface area is 60.9 Å². The van der Waals surface area contributed by atoms with Gasteiger partial charge in [-0.1, -0.05) is 0 Å². The molecule has 0 atom stereocenters. The Morgan fingerprint density at radius 1 is 1.50 bits per heavy atom. The van der Waals surface area contributed by atoms with Crippen molar-refractivity contribution in [2.75, 3.05) is 0 Å². The van der Waals surface area contributed by atoms with Crippen LogP contribution in [0.25, 0.3) is 0 Å². The first kappa shape index (κ1) is 7.00. The molecule has 1 aromatic carbocycles. The molecule has 0 spiro atoms. The highest BCUT2D eigenvalue weighted by Gasteiger charge is 1.95. The van der Waals surface area contributed by atoms with E-state index in [1.54, 1.807) is 19.1 Å². The zero-order chi connectivity index (χ0) is 7.56. The number of phenols is 1. The van der Waals surface area contributed by atoms with E-state index in [0.29, 0.717) is 5.75 Å². The average molecular weight is 134 g/mol. The first-order valence-electron chi connectivity index (χ1n) is 2.90. The van der Waals surface area contributed by atoms with Crippen molar-refractivity contribution >= 4 is 8.05 Å². The molecule has 0 aliphatic heterocycles. The SMILES string of the molecule is [B]Oc1ccc(O)c(C)c1. The molecule has 1 N–H and O–H groups in total. The second-order valence-corrected chi connectivity index (χ2v) is 2.07. The van der Waals surface area contributed by atoms with Crippen molar-refractivity contribution in [2.45, 2.75) is 6.92 Å². The summed E-state index contributed by atoms with van der Waals surface area (Å²) in [4.78, 5) is 0. The van der Waals surface area contributed by atoms with Crippen LogP contribution in [-0.2, 0) is 0 Å². The molecule has 1 aromatic rings. The number of hydrogen-bond donors (Lipinski definition) is 1. The topological polar surface area (TPSA) is 29.5 Å². The molecule has 0 amide bonds. The maximum absolute atomic E-state index is 9.04. The summed E-state index contributed by atoms with van der Waals surface area (Å²) in [6, 6.07) is 4.80. The van der Waals surface area contributed by atoms with Gasteiger partial charge in [0.2, 0.25) is 0 Å². The first-order chi connectivity index (χ1) is 4.74. The van der Waals surface area contributed by atoms with Gasteiger partial charge in [-0.3, -0.25) is 0 Å². The highest BCUT2D eigenvalue weighted by molar-refractivity contribution is 5.99. The summed E-state index contributed by atoms with van der Waals surface area (Å²) in [7, 11) is 4.89. The molecule has 0 aliphatic carbocycles. The predicted octanol–water partition coefficient (Wildman–Crippen LogP) is 1.16. The standard InChI is InChI=1S/C7H7BO2/c1-5-4-6(10-8)2-3-7(5)9/h2-4,9H,1H3. The summed E-state index contributed by atoms with van der Waals surface area (Å²) < 4.78 is 4.44. The highest BCUT2D eigenvalue weighted by Crippen LogP contribution is 2.20. The molecule has 2 radical (unpaired) electrons. The second-order valence-electron chi connectivity index (χ2n) is 2.07. The van der Waals surface area contributed by atoms with Gasteiger partial charge in [0.1, 0.15) is 5.75 Å². The number of hydrogen-bond acceptors (Lipinski definition) is 2. The smallest absolute Gasteiger partial charge is 0.374 e. The molecule has 0 unspecified atom stereocenters. The molecule has 0 bridgehead atoms. The first-order valence-corrected chi connectivity index (χ1v) is 2.90. The fraction of sp³-hybridized carbons (Fsp3) is 0.143. The van der Waals surface area contributed by atoms with Crippen LogP contribution in [0.4, 0.5) is 0 Å². The third kappa shape index (κ3) is 1.24. The van der Waals surface area contributed by atoms with Crippen molar-refractivity contribution in [2.24, 2.45) is 0 Å². The van der Waals surface area contributed by atoms with Gasteiger partial charge in [0.25, 0.3) is 0 Å². The van der Waals surface area contributed by atoms with Gasteiger partial charge in [-0.15, -0.1) is 0 Å². The van der Waals surface area contributed by atoms with Gasteiger partial charge >= 0.3 is 8.05 Å². The molecule has 1 rings (SSSR count). The Morgan fingerprint density at radius 3 is 2.70 bits per heavy atom. The molecule has 0 heterocycles. The van der Waals surface area contributed by atoms with Crippen LogP contribution < -0.4 is 4.65 Å². The van der Waals surface area contributed by atoms with Crippen molar-refractivity contribution in [3.8, 4) is 11.5 Å². The number of aryl methyl sites for hydroxylation is 1. The lowest BCUT2D eigenvalue weighted by atomic mass is 10.2. The second kappa shape index (κ2) is 2.65.